The standard InChI is InChI=1S/C24H36N2O3/c1-5-11-20(7-3)18-29-23-22(28-17-19(4)6-2)16-21(25-26-23)12-15-24(27)13-9-8-10-14-24/h5-7,11,16,27H,8-10,12-15,17-18H2,1-4H3. The largest absolute Gasteiger partial charge is 0.483 e. The molecule has 1 aliphatic carbocycles. The third kappa shape index (κ3) is 7.65. The maximum Gasteiger partial charge on any atom is 0.276 e. The molecule has 0 aromatic carbocycles. The van der Waals surface area contributed by atoms with Crippen LogP contribution in [0.3, 0.4) is 0 Å². The zero-order valence-corrected chi connectivity index (χ0v) is 18.4. The van der Waals surface area contributed by atoms with Crippen molar-refractivity contribution in [3.8, 4) is 11.6 Å². The van der Waals surface area contributed by atoms with Crippen molar-refractivity contribution in [2.45, 2.75) is 78.2 Å². The number of ether oxygens (including phenoxy) is 2. The van der Waals surface area contributed by atoms with E-state index in [9.17, 15) is 5.11 Å². The Morgan fingerprint density at radius 2 is 1.83 bits per heavy atom. The molecule has 1 fully saturated rings. The number of hydrogen-bond donors (Lipinski definition) is 1. The van der Waals surface area contributed by atoms with Gasteiger partial charge in [0.2, 0.25) is 0 Å². The van der Waals surface area contributed by atoms with E-state index in [0.717, 1.165) is 42.5 Å². The van der Waals surface area contributed by atoms with Gasteiger partial charge in [-0.1, -0.05) is 43.6 Å². The number of rotatable bonds is 10. The van der Waals surface area contributed by atoms with Gasteiger partial charge in [-0.3, -0.25) is 0 Å². The molecule has 1 heterocycles. The SMILES string of the molecule is CC=CC(=CC)COc1nnc(CCC2(O)CCCCC2)cc1OCC(C)=CC. The second-order valence-electron chi connectivity index (χ2n) is 7.87. The fourth-order valence-corrected chi connectivity index (χ4v) is 3.42. The predicted octanol–water partition coefficient (Wildman–Crippen LogP) is 5.35. The van der Waals surface area contributed by atoms with E-state index in [-0.39, 0.29) is 0 Å². The van der Waals surface area contributed by atoms with E-state index in [4.69, 9.17) is 9.47 Å². The summed E-state index contributed by atoms with van der Waals surface area (Å²) in [5, 5.41) is 19.4. The van der Waals surface area contributed by atoms with Gasteiger partial charge in [-0.05, 0) is 64.5 Å². The fourth-order valence-electron chi connectivity index (χ4n) is 3.42. The highest BCUT2D eigenvalue weighted by Gasteiger charge is 2.29. The van der Waals surface area contributed by atoms with Gasteiger partial charge in [0.25, 0.3) is 5.88 Å². The van der Waals surface area contributed by atoms with Crippen LogP contribution >= 0.6 is 0 Å². The van der Waals surface area contributed by atoms with Crippen molar-refractivity contribution in [1.82, 2.24) is 10.2 Å². The summed E-state index contributed by atoms with van der Waals surface area (Å²) in [6.07, 6.45) is 14.6. The van der Waals surface area contributed by atoms with Crippen LogP contribution in [0.5, 0.6) is 11.6 Å². The Labute approximate surface area is 175 Å². The lowest BCUT2D eigenvalue weighted by molar-refractivity contribution is -0.00367. The summed E-state index contributed by atoms with van der Waals surface area (Å²) in [5.74, 6) is 1.00. The molecule has 0 radical (unpaired) electrons. The van der Waals surface area contributed by atoms with Crippen molar-refractivity contribution in [2.75, 3.05) is 13.2 Å². The normalized spacial score (nSPS) is 17.6. The van der Waals surface area contributed by atoms with E-state index in [1.54, 1.807) is 0 Å². The average molecular weight is 401 g/mol. The zero-order chi connectivity index (χ0) is 21.1. The van der Waals surface area contributed by atoms with E-state index < -0.39 is 5.60 Å². The summed E-state index contributed by atoms with van der Waals surface area (Å²) in [5.41, 5.74) is 2.46. The summed E-state index contributed by atoms with van der Waals surface area (Å²) in [6.45, 7) is 8.87. The van der Waals surface area contributed by atoms with Crippen LogP contribution in [0.4, 0.5) is 0 Å². The Morgan fingerprint density at radius 1 is 1.07 bits per heavy atom. The molecule has 0 unspecified atom stereocenters. The van der Waals surface area contributed by atoms with Crippen molar-refractivity contribution in [3.63, 3.8) is 0 Å². The zero-order valence-electron chi connectivity index (χ0n) is 18.4. The number of aryl methyl sites for hydroxylation is 1. The monoisotopic (exact) mass is 400 g/mol. The highest BCUT2D eigenvalue weighted by Crippen LogP contribution is 2.32. The molecule has 160 valence electrons. The molecule has 1 aromatic heterocycles. The molecule has 0 aliphatic heterocycles. The van der Waals surface area contributed by atoms with Crippen LogP contribution in [0.1, 0.15) is 71.9 Å². The first-order valence-corrected chi connectivity index (χ1v) is 10.7. The first-order chi connectivity index (χ1) is 14.0. The molecule has 1 saturated carbocycles. The van der Waals surface area contributed by atoms with E-state index in [0.29, 0.717) is 37.7 Å². The Kier molecular flexibility index (Phi) is 9.39. The maximum atomic E-state index is 10.8. The van der Waals surface area contributed by atoms with Crippen molar-refractivity contribution in [2.24, 2.45) is 0 Å². The van der Waals surface area contributed by atoms with E-state index in [2.05, 4.69) is 10.2 Å². The lowest BCUT2D eigenvalue weighted by atomic mass is 9.81. The molecule has 0 saturated heterocycles. The third-order valence-corrected chi connectivity index (χ3v) is 5.48. The van der Waals surface area contributed by atoms with Gasteiger partial charge in [-0.15, -0.1) is 5.10 Å². The van der Waals surface area contributed by atoms with Crippen molar-refractivity contribution in [1.29, 1.82) is 0 Å². The van der Waals surface area contributed by atoms with Crippen LogP contribution in [0.15, 0.2) is 41.5 Å². The Balaban J connectivity index is 2.10. The highest BCUT2D eigenvalue weighted by molar-refractivity contribution is 5.35. The van der Waals surface area contributed by atoms with E-state index in [1.165, 1.54) is 6.42 Å². The van der Waals surface area contributed by atoms with Crippen LogP contribution in [-0.2, 0) is 6.42 Å². The summed E-state index contributed by atoms with van der Waals surface area (Å²) in [4.78, 5) is 0. The molecule has 5 heteroatoms. The van der Waals surface area contributed by atoms with Crippen LogP contribution in [0.2, 0.25) is 0 Å². The molecule has 0 atom stereocenters. The minimum Gasteiger partial charge on any atom is -0.483 e. The van der Waals surface area contributed by atoms with Gasteiger partial charge < -0.3 is 14.6 Å². The van der Waals surface area contributed by atoms with Crippen molar-refractivity contribution < 1.29 is 14.6 Å². The third-order valence-electron chi connectivity index (χ3n) is 5.48. The summed E-state index contributed by atoms with van der Waals surface area (Å²) in [7, 11) is 0. The van der Waals surface area contributed by atoms with Gasteiger partial charge in [-0.2, -0.15) is 5.10 Å². The number of allylic oxidation sites excluding steroid dienone is 3. The molecular weight excluding hydrogens is 364 g/mol. The molecule has 1 N–H and O–H groups in total. The molecule has 5 nitrogen and oxygen atoms in total. The summed E-state index contributed by atoms with van der Waals surface area (Å²) in [6, 6.07) is 1.91. The second-order valence-corrected chi connectivity index (χ2v) is 7.87. The molecular formula is C24H36N2O3. The van der Waals surface area contributed by atoms with E-state index in [1.807, 2.05) is 58.1 Å². The fraction of sp³-hybridized carbons (Fsp3) is 0.583. The Morgan fingerprint density at radius 3 is 2.48 bits per heavy atom. The average Bonchev–Trinajstić information content (AvgIpc) is 2.74. The predicted molar refractivity (Wildman–Crippen MR) is 117 cm³/mol. The van der Waals surface area contributed by atoms with Gasteiger partial charge in [-0.25, -0.2) is 0 Å². The Bertz CT molecular complexity index is 732. The highest BCUT2D eigenvalue weighted by atomic mass is 16.5. The number of nitrogens with zero attached hydrogens (tertiary/aromatic N) is 2. The number of hydrogen-bond acceptors (Lipinski definition) is 5. The van der Waals surface area contributed by atoms with Gasteiger partial charge >= 0.3 is 0 Å². The topological polar surface area (TPSA) is 64.5 Å². The summed E-state index contributed by atoms with van der Waals surface area (Å²) >= 11 is 0. The van der Waals surface area contributed by atoms with Crippen LogP contribution in [0.25, 0.3) is 0 Å². The lowest BCUT2D eigenvalue weighted by Crippen LogP contribution is -2.31. The molecule has 2 rings (SSSR count). The quantitative estimate of drug-likeness (QED) is 0.424. The molecule has 1 aliphatic rings. The van der Waals surface area contributed by atoms with Gasteiger partial charge in [0.15, 0.2) is 5.75 Å². The molecule has 29 heavy (non-hydrogen) atoms. The smallest absolute Gasteiger partial charge is 0.276 e. The lowest BCUT2D eigenvalue weighted by Gasteiger charge is -2.31. The van der Waals surface area contributed by atoms with Crippen LogP contribution in [0, 0.1) is 0 Å². The number of aliphatic hydroxyl groups is 1. The van der Waals surface area contributed by atoms with E-state index >= 15 is 0 Å². The van der Waals surface area contributed by atoms with Gasteiger partial charge in [0, 0.05) is 6.07 Å². The Hall–Kier alpha value is -2.14. The van der Waals surface area contributed by atoms with Gasteiger partial charge in [0.05, 0.1) is 11.3 Å². The minimum atomic E-state index is -0.565. The molecule has 0 spiro atoms. The maximum absolute atomic E-state index is 10.8. The molecule has 1 aromatic rings. The van der Waals surface area contributed by atoms with Crippen molar-refractivity contribution >= 4 is 0 Å². The number of aromatic nitrogens is 2. The summed E-state index contributed by atoms with van der Waals surface area (Å²) < 4.78 is 11.9. The minimum absolute atomic E-state index is 0.401. The second kappa shape index (κ2) is 11.8. The first kappa shape index (κ1) is 23.1. The van der Waals surface area contributed by atoms with Crippen LogP contribution in [-0.4, -0.2) is 34.1 Å². The van der Waals surface area contributed by atoms with Gasteiger partial charge in [0.1, 0.15) is 13.2 Å². The molecule has 0 amide bonds. The first-order valence-electron chi connectivity index (χ1n) is 10.7. The van der Waals surface area contributed by atoms with Crippen LogP contribution < -0.4 is 9.47 Å². The van der Waals surface area contributed by atoms with Crippen molar-refractivity contribution in [3.05, 3.63) is 47.2 Å². The molecule has 0 bridgehead atoms.